The number of carbonyl (C=O) groups is 2. The summed E-state index contributed by atoms with van der Waals surface area (Å²) in [6, 6.07) is 26.5. The highest BCUT2D eigenvalue weighted by atomic mass is 16.5. The molecule has 1 aromatic heterocycles. The molecule has 4 rings (SSSR count). The SMILES string of the molecule is [2H]C(c1ccc(-c2ccc(N(C)C)cc2)cc1)N(C(=O)c1ccccc1)c1cncc(/C=C/C(=O)OC)c1. The number of esters is 1. The van der Waals surface area contributed by atoms with Crippen LogP contribution >= 0.6 is 0 Å². The van der Waals surface area contributed by atoms with Gasteiger partial charge in [0.1, 0.15) is 0 Å². The third-order valence-electron chi connectivity index (χ3n) is 5.78. The third-order valence-corrected chi connectivity index (χ3v) is 5.78. The Morgan fingerprint density at radius 1 is 0.892 bits per heavy atom. The molecule has 0 fully saturated rings. The van der Waals surface area contributed by atoms with Crippen molar-refractivity contribution in [2.24, 2.45) is 0 Å². The van der Waals surface area contributed by atoms with Crippen molar-refractivity contribution in [3.05, 3.63) is 120 Å². The first-order valence-electron chi connectivity index (χ1n) is 12.3. The zero-order valence-corrected chi connectivity index (χ0v) is 21.0. The molecule has 3 aromatic carbocycles. The number of hydrogen-bond donors (Lipinski definition) is 0. The molecular weight excluding hydrogens is 462 g/mol. The van der Waals surface area contributed by atoms with Crippen LogP contribution in [0.1, 0.15) is 22.9 Å². The molecule has 0 saturated heterocycles. The summed E-state index contributed by atoms with van der Waals surface area (Å²) in [6.45, 7) is -1.03. The summed E-state index contributed by atoms with van der Waals surface area (Å²) in [6.07, 6.45) is 5.96. The normalized spacial score (nSPS) is 12.0. The molecule has 37 heavy (non-hydrogen) atoms. The number of benzene rings is 3. The average molecular weight is 493 g/mol. The van der Waals surface area contributed by atoms with Gasteiger partial charge in [-0.1, -0.05) is 54.6 Å². The van der Waals surface area contributed by atoms with Crippen LogP contribution in [0.2, 0.25) is 0 Å². The number of pyridine rings is 1. The number of methoxy groups -OCH3 is 1. The quantitative estimate of drug-likeness (QED) is 0.228. The van der Waals surface area contributed by atoms with E-state index in [-0.39, 0.29) is 5.91 Å². The van der Waals surface area contributed by atoms with Crippen molar-refractivity contribution >= 4 is 29.3 Å². The molecule has 0 spiro atoms. The predicted octanol–water partition coefficient (Wildman–Crippen LogP) is 5.85. The fraction of sp³-hybridized carbons (Fsp3) is 0.129. The Morgan fingerprint density at radius 3 is 2.16 bits per heavy atom. The van der Waals surface area contributed by atoms with Crippen molar-refractivity contribution in [1.82, 2.24) is 4.98 Å². The van der Waals surface area contributed by atoms with Crippen LogP contribution in [0.3, 0.4) is 0 Å². The molecular formula is C31H29N3O3. The maximum atomic E-state index is 13.6. The second-order valence-electron chi connectivity index (χ2n) is 8.57. The van der Waals surface area contributed by atoms with Gasteiger partial charge < -0.3 is 14.5 Å². The standard InChI is InChI=1S/C31H29N3O3/c1-33(2)28-16-14-26(15-17-28)25-12-9-23(10-13-25)22-34(31(36)27-7-5-4-6-8-27)29-19-24(20-32-21-29)11-18-30(35)37-3/h4-21H,22H2,1-3H3/b18-11+/i22D. The van der Waals surface area contributed by atoms with Gasteiger partial charge in [-0.05, 0) is 58.7 Å². The maximum absolute atomic E-state index is 13.6. The Balaban J connectivity index is 1.67. The van der Waals surface area contributed by atoms with Crippen LogP contribution in [0.15, 0.2) is 103 Å². The summed E-state index contributed by atoms with van der Waals surface area (Å²) < 4.78 is 13.7. The summed E-state index contributed by atoms with van der Waals surface area (Å²) in [5.41, 5.74) is 5.34. The molecule has 1 heterocycles. The molecule has 0 aliphatic heterocycles. The first kappa shape index (κ1) is 24.0. The van der Waals surface area contributed by atoms with Crippen molar-refractivity contribution in [2.45, 2.75) is 6.52 Å². The van der Waals surface area contributed by atoms with Crippen LogP contribution in [0, 0.1) is 0 Å². The summed E-state index contributed by atoms with van der Waals surface area (Å²) >= 11 is 0. The molecule has 0 aliphatic rings. The molecule has 4 aromatic rings. The summed E-state index contributed by atoms with van der Waals surface area (Å²) in [7, 11) is 5.30. The van der Waals surface area contributed by atoms with Gasteiger partial charge in [-0.2, -0.15) is 0 Å². The van der Waals surface area contributed by atoms with E-state index in [2.05, 4.69) is 34.0 Å². The first-order chi connectivity index (χ1) is 18.4. The van der Waals surface area contributed by atoms with Crippen molar-refractivity contribution in [1.29, 1.82) is 0 Å². The van der Waals surface area contributed by atoms with E-state index in [0.29, 0.717) is 22.4 Å². The van der Waals surface area contributed by atoms with Crippen molar-refractivity contribution in [3.8, 4) is 11.1 Å². The summed E-state index contributed by atoms with van der Waals surface area (Å²) in [4.78, 5) is 32.9. The second kappa shape index (κ2) is 11.8. The minimum atomic E-state index is -1.03. The molecule has 1 amide bonds. The van der Waals surface area contributed by atoms with Gasteiger partial charge in [0.15, 0.2) is 0 Å². The Labute approximate surface area is 218 Å². The Morgan fingerprint density at radius 2 is 1.54 bits per heavy atom. The smallest absolute Gasteiger partial charge is 0.330 e. The Hall–Kier alpha value is -4.71. The topological polar surface area (TPSA) is 62.7 Å². The van der Waals surface area contributed by atoms with Gasteiger partial charge in [0.2, 0.25) is 0 Å². The minimum absolute atomic E-state index is 0.329. The largest absolute Gasteiger partial charge is 0.466 e. The molecule has 0 bridgehead atoms. The minimum Gasteiger partial charge on any atom is -0.466 e. The van der Waals surface area contributed by atoms with Gasteiger partial charge in [0.05, 0.1) is 26.9 Å². The maximum Gasteiger partial charge on any atom is 0.330 e. The number of nitrogens with zero attached hydrogens (tertiary/aromatic N) is 3. The van der Waals surface area contributed by atoms with E-state index in [1.165, 1.54) is 18.1 Å². The Kier molecular flexibility index (Phi) is 7.67. The zero-order chi connectivity index (χ0) is 27.1. The molecule has 0 saturated carbocycles. The van der Waals surface area contributed by atoms with E-state index < -0.39 is 12.5 Å². The molecule has 0 radical (unpaired) electrons. The molecule has 6 heteroatoms. The molecule has 1 atom stereocenters. The lowest BCUT2D eigenvalue weighted by Crippen LogP contribution is -2.30. The first-order valence-corrected chi connectivity index (χ1v) is 11.8. The van der Waals surface area contributed by atoms with Crippen LogP contribution in [0.25, 0.3) is 17.2 Å². The van der Waals surface area contributed by atoms with E-state index in [1.807, 2.05) is 49.3 Å². The average Bonchev–Trinajstić information content (AvgIpc) is 2.96. The molecule has 0 N–H and O–H groups in total. The number of rotatable bonds is 8. The number of anilines is 2. The molecule has 0 aliphatic carbocycles. The predicted molar refractivity (Wildman–Crippen MR) is 148 cm³/mol. The number of hydrogen-bond acceptors (Lipinski definition) is 5. The van der Waals surface area contributed by atoms with E-state index in [4.69, 9.17) is 1.37 Å². The highest BCUT2D eigenvalue weighted by Gasteiger charge is 2.19. The van der Waals surface area contributed by atoms with Crippen LogP contribution in [0.4, 0.5) is 11.4 Å². The number of ether oxygens (including phenoxy) is 1. The van der Waals surface area contributed by atoms with E-state index in [0.717, 1.165) is 16.8 Å². The highest BCUT2D eigenvalue weighted by Crippen LogP contribution is 2.25. The lowest BCUT2D eigenvalue weighted by Gasteiger charge is -2.23. The fourth-order valence-electron chi connectivity index (χ4n) is 3.73. The van der Waals surface area contributed by atoms with Gasteiger partial charge in [-0.25, -0.2) is 4.79 Å². The second-order valence-corrected chi connectivity index (χ2v) is 8.57. The van der Waals surface area contributed by atoms with Crippen LogP contribution in [-0.4, -0.2) is 38.1 Å². The monoisotopic (exact) mass is 492 g/mol. The lowest BCUT2D eigenvalue weighted by molar-refractivity contribution is -0.134. The van der Waals surface area contributed by atoms with Crippen LogP contribution in [0.5, 0.6) is 0 Å². The van der Waals surface area contributed by atoms with E-state index >= 15 is 0 Å². The van der Waals surface area contributed by atoms with E-state index in [1.54, 1.807) is 48.8 Å². The number of carbonyl (C=O) groups excluding carboxylic acids is 2. The molecule has 1 unspecified atom stereocenters. The molecule has 186 valence electrons. The van der Waals surface area contributed by atoms with Crippen LogP contribution < -0.4 is 9.80 Å². The summed E-state index contributed by atoms with van der Waals surface area (Å²) in [5.74, 6) is -0.827. The van der Waals surface area contributed by atoms with Crippen molar-refractivity contribution < 1.29 is 15.7 Å². The lowest BCUT2D eigenvalue weighted by atomic mass is 10.0. The Bertz CT molecular complexity index is 1420. The number of amides is 1. The zero-order valence-electron chi connectivity index (χ0n) is 22.0. The van der Waals surface area contributed by atoms with Crippen LogP contribution in [-0.2, 0) is 16.1 Å². The van der Waals surface area contributed by atoms with Crippen molar-refractivity contribution in [2.75, 3.05) is 31.0 Å². The van der Waals surface area contributed by atoms with Crippen molar-refractivity contribution in [3.63, 3.8) is 0 Å². The van der Waals surface area contributed by atoms with Gasteiger partial charge in [0, 0.05) is 37.6 Å². The van der Waals surface area contributed by atoms with Gasteiger partial charge in [-0.3, -0.25) is 9.78 Å². The van der Waals surface area contributed by atoms with E-state index in [9.17, 15) is 9.59 Å². The summed E-state index contributed by atoms with van der Waals surface area (Å²) in [5, 5.41) is 0. The van der Waals surface area contributed by atoms with Gasteiger partial charge >= 0.3 is 5.97 Å². The van der Waals surface area contributed by atoms with Gasteiger partial charge in [0.25, 0.3) is 5.91 Å². The fourth-order valence-corrected chi connectivity index (χ4v) is 3.73. The highest BCUT2D eigenvalue weighted by molar-refractivity contribution is 6.06. The molecule has 6 nitrogen and oxygen atoms in total. The third kappa shape index (κ3) is 6.49. The number of aromatic nitrogens is 1. The van der Waals surface area contributed by atoms with Gasteiger partial charge in [-0.15, -0.1) is 0 Å².